The van der Waals surface area contributed by atoms with Crippen LogP contribution < -0.4 is 5.73 Å². The molecule has 1 aromatic carbocycles. The Labute approximate surface area is 120 Å². The second-order valence-corrected chi connectivity index (χ2v) is 4.61. The van der Waals surface area contributed by atoms with Crippen molar-refractivity contribution in [3.63, 3.8) is 0 Å². The van der Waals surface area contributed by atoms with Crippen LogP contribution in [0.4, 0.5) is 0 Å². The Morgan fingerprint density at radius 1 is 1.24 bits per heavy atom. The molecule has 0 saturated carbocycles. The zero-order chi connectivity index (χ0) is 14.8. The molecule has 0 bridgehead atoms. The van der Waals surface area contributed by atoms with Gasteiger partial charge in [0.05, 0.1) is 0 Å². The molecule has 0 saturated heterocycles. The van der Waals surface area contributed by atoms with E-state index in [4.69, 9.17) is 5.73 Å². The average molecular weight is 279 g/mol. The third kappa shape index (κ3) is 2.49. The van der Waals surface area contributed by atoms with Gasteiger partial charge in [-0.2, -0.15) is 0 Å². The van der Waals surface area contributed by atoms with Gasteiger partial charge in [0.1, 0.15) is 11.4 Å². The van der Waals surface area contributed by atoms with Gasteiger partial charge in [-0.15, -0.1) is 0 Å². The number of hydrogen-bond donors (Lipinski definition) is 3. The van der Waals surface area contributed by atoms with Crippen LogP contribution in [0.3, 0.4) is 0 Å². The first-order chi connectivity index (χ1) is 10.1. The molecule has 3 aromatic rings. The summed E-state index contributed by atoms with van der Waals surface area (Å²) in [5.74, 6) is -0.391. The van der Waals surface area contributed by atoms with Crippen molar-refractivity contribution in [2.75, 3.05) is 0 Å². The van der Waals surface area contributed by atoms with Gasteiger partial charge in [-0.1, -0.05) is 12.1 Å². The van der Waals surface area contributed by atoms with Crippen molar-refractivity contribution in [1.82, 2.24) is 9.97 Å². The van der Waals surface area contributed by atoms with Crippen molar-refractivity contribution >= 4 is 28.6 Å². The molecular formula is C16H13N3O2. The van der Waals surface area contributed by atoms with Crippen LogP contribution in [0.15, 0.2) is 48.8 Å². The molecular weight excluding hydrogens is 266 g/mol. The fourth-order valence-electron chi connectivity index (χ4n) is 2.19. The zero-order valence-corrected chi connectivity index (χ0v) is 11.1. The molecule has 0 spiro atoms. The van der Waals surface area contributed by atoms with Gasteiger partial charge in [-0.25, -0.2) is 4.98 Å². The van der Waals surface area contributed by atoms with Crippen LogP contribution in [-0.2, 0) is 4.79 Å². The molecule has 3 rings (SSSR count). The molecule has 0 aliphatic carbocycles. The van der Waals surface area contributed by atoms with E-state index in [0.29, 0.717) is 11.1 Å². The lowest BCUT2D eigenvalue weighted by Gasteiger charge is -2.04. The summed E-state index contributed by atoms with van der Waals surface area (Å²) >= 11 is 0. The molecule has 21 heavy (non-hydrogen) atoms. The Balaban J connectivity index is 2.13. The van der Waals surface area contributed by atoms with Gasteiger partial charge in [0.2, 0.25) is 5.91 Å². The zero-order valence-electron chi connectivity index (χ0n) is 11.1. The number of carbonyl (C=O) groups is 1. The van der Waals surface area contributed by atoms with Gasteiger partial charge in [0.15, 0.2) is 0 Å². The lowest BCUT2D eigenvalue weighted by atomic mass is 10.0. The summed E-state index contributed by atoms with van der Waals surface area (Å²) in [7, 11) is 0. The predicted molar refractivity (Wildman–Crippen MR) is 81.3 cm³/mol. The molecule has 0 fully saturated rings. The molecule has 4 N–H and O–H groups in total. The van der Waals surface area contributed by atoms with E-state index in [1.54, 1.807) is 30.6 Å². The monoisotopic (exact) mass is 279 g/mol. The Hall–Kier alpha value is -3.08. The SMILES string of the molecule is NC(=O)/C(=C\c1c[nH]c2ncccc12)c1ccc(O)cc1. The summed E-state index contributed by atoms with van der Waals surface area (Å²) in [4.78, 5) is 19.0. The maximum atomic E-state index is 11.7. The van der Waals surface area contributed by atoms with Crippen molar-refractivity contribution in [3.8, 4) is 5.75 Å². The number of carbonyl (C=O) groups excluding carboxylic acids is 1. The van der Waals surface area contributed by atoms with Crippen LogP contribution in [0.2, 0.25) is 0 Å². The summed E-state index contributed by atoms with van der Waals surface area (Å²) in [6, 6.07) is 10.1. The number of hydrogen-bond acceptors (Lipinski definition) is 3. The van der Waals surface area contributed by atoms with Crippen LogP contribution in [-0.4, -0.2) is 21.0 Å². The number of aromatic nitrogens is 2. The fraction of sp³-hybridized carbons (Fsp3) is 0. The number of aromatic amines is 1. The number of H-pyrrole nitrogens is 1. The first-order valence-electron chi connectivity index (χ1n) is 6.38. The van der Waals surface area contributed by atoms with Crippen molar-refractivity contribution in [1.29, 1.82) is 0 Å². The first kappa shape index (κ1) is 12.9. The highest BCUT2D eigenvalue weighted by Crippen LogP contribution is 2.24. The second-order valence-electron chi connectivity index (χ2n) is 4.61. The third-order valence-electron chi connectivity index (χ3n) is 3.23. The van der Waals surface area contributed by atoms with Gasteiger partial charge in [0.25, 0.3) is 0 Å². The molecule has 104 valence electrons. The van der Waals surface area contributed by atoms with Crippen molar-refractivity contribution in [3.05, 3.63) is 59.9 Å². The summed E-state index contributed by atoms with van der Waals surface area (Å²) in [5.41, 5.74) is 8.08. The molecule has 0 unspecified atom stereocenters. The molecule has 5 nitrogen and oxygen atoms in total. The van der Waals surface area contributed by atoms with E-state index < -0.39 is 5.91 Å². The van der Waals surface area contributed by atoms with Gasteiger partial charge in [-0.05, 0) is 35.9 Å². The minimum atomic E-state index is -0.529. The maximum absolute atomic E-state index is 11.7. The quantitative estimate of drug-likeness (QED) is 0.642. The van der Waals surface area contributed by atoms with Crippen LogP contribution in [0.5, 0.6) is 5.75 Å². The Morgan fingerprint density at radius 3 is 2.71 bits per heavy atom. The number of nitrogens with zero attached hydrogens (tertiary/aromatic N) is 1. The minimum Gasteiger partial charge on any atom is -0.508 e. The highest BCUT2D eigenvalue weighted by Gasteiger charge is 2.10. The standard InChI is InChI=1S/C16H13N3O2/c17-15(21)14(10-3-5-12(20)6-4-10)8-11-9-19-16-13(11)2-1-7-18-16/h1-9,20H,(H2,17,21)(H,18,19)/b14-8-. The predicted octanol–water partition coefficient (Wildman–Crippen LogP) is 2.29. The Bertz CT molecular complexity index is 832. The number of phenols is 1. The number of phenolic OH excluding ortho intramolecular Hbond substituents is 1. The van der Waals surface area contributed by atoms with Gasteiger partial charge in [0, 0.05) is 28.9 Å². The summed E-state index contributed by atoms with van der Waals surface area (Å²) in [6.07, 6.45) is 5.19. The lowest BCUT2D eigenvalue weighted by molar-refractivity contribution is -0.112. The van der Waals surface area contributed by atoms with E-state index in [9.17, 15) is 9.90 Å². The second kappa shape index (κ2) is 5.13. The van der Waals surface area contributed by atoms with E-state index >= 15 is 0 Å². The van der Waals surface area contributed by atoms with E-state index in [0.717, 1.165) is 16.6 Å². The molecule has 2 heterocycles. The largest absolute Gasteiger partial charge is 0.508 e. The number of amides is 1. The number of nitrogens with one attached hydrogen (secondary N) is 1. The highest BCUT2D eigenvalue weighted by atomic mass is 16.3. The van der Waals surface area contributed by atoms with Gasteiger partial charge < -0.3 is 15.8 Å². The van der Waals surface area contributed by atoms with E-state index in [1.165, 1.54) is 12.1 Å². The topological polar surface area (TPSA) is 92.0 Å². The van der Waals surface area contributed by atoms with Crippen LogP contribution in [0.25, 0.3) is 22.7 Å². The molecule has 0 aliphatic heterocycles. The molecule has 2 aromatic heterocycles. The van der Waals surface area contributed by atoms with Gasteiger partial charge in [-0.3, -0.25) is 4.79 Å². The van der Waals surface area contributed by atoms with E-state index in [-0.39, 0.29) is 5.75 Å². The maximum Gasteiger partial charge on any atom is 0.249 e. The van der Waals surface area contributed by atoms with Crippen molar-refractivity contribution in [2.24, 2.45) is 5.73 Å². The van der Waals surface area contributed by atoms with Crippen LogP contribution in [0.1, 0.15) is 11.1 Å². The molecule has 0 aliphatic rings. The number of fused-ring (bicyclic) bond motifs is 1. The number of nitrogens with two attached hydrogens (primary N) is 1. The van der Waals surface area contributed by atoms with Crippen molar-refractivity contribution in [2.45, 2.75) is 0 Å². The molecule has 0 radical (unpaired) electrons. The summed E-state index contributed by atoms with van der Waals surface area (Å²) < 4.78 is 0. The number of aromatic hydroxyl groups is 1. The third-order valence-corrected chi connectivity index (χ3v) is 3.23. The first-order valence-corrected chi connectivity index (χ1v) is 6.38. The van der Waals surface area contributed by atoms with Crippen molar-refractivity contribution < 1.29 is 9.90 Å². The Kier molecular flexibility index (Phi) is 3.16. The fourth-order valence-corrected chi connectivity index (χ4v) is 2.19. The smallest absolute Gasteiger partial charge is 0.249 e. The molecule has 0 atom stereocenters. The highest BCUT2D eigenvalue weighted by molar-refractivity contribution is 6.24. The van der Waals surface area contributed by atoms with E-state index in [1.807, 2.05) is 12.1 Å². The average Bonchev–Trinajstić information content (AvgIpc) is 2.89. The number of rotatable bonds is 3. The summed E-state index contributed by atoms with van der Waals surface area (Å²) in [5, 5.41) is 10.2. The summed E-state index contributed by atoms with van der Waals surface area (Å²) in [6.45, 7) is 0. The number of primary amides is 1. The number of pyridine rings is 1. The minimum absolute atomic E-state index is 0.138. The lowest BCUT2D eigenvalue weighted by Crippen LogP contribution is -2.12. The molecule has 1 amide bonds. The Morgan fingerprint density at radius 2 is 2.00 bits per heavy atom. The van der Waals surface area contributed by atoms with Gasteiger partial charge >= 0.3 is 0 Å². The normalized spacial score (nSPS) is 11.7. The number of benzene rings is 1. The molecule has 5 heteroatoms. The van der Waals surface area contributed by atoms with Crippen LogP contribution >= 0.6 is 0 Å². The van der Waals surface area contributed by atoms with Crippen LogP contribution in [0, 0.1) is 0 Å². The van der Waals surface area contributed by atoms with E-state index in [2.05, 4.69) is 9.97 Å².